The summed E-state index contributed by atoms with van der Waals surface area (Å²) >= 11 is 3.32. The van der Waals surface area contributed by atoms with E-state index in [1.165, 1.54) is 10.4 Å². The van der Waals surface area contributed by atoms with Crippen LogP contribution in [0.25, 0.3) is 0 Å². The maximum absolute atomic E-state index is 13.1. The van der Waals surface area contributed by atoms with E-state index in [0.717, 1.165) is 0 Å². The number of amidine groups is 1. The second-order valence-electron chi connectivity index (χ2n) is 9.04. The number of hydrogen-bond donors (Lipinski definition) is 6. The number of morpholine rings is 1. The van der Waals surface area contributed by atoms with Crippen LogP contribution in [0.3, 0.4) is 0 Å². The lowest BCUT2D eigenvalue weighted by Gasteiger charge is -2.31. The summed E-state index contributed by atoms with van der Waals surface area (Å²) in [6.07, 6.45) is -6.06. The average molecular weight is 696 g/mol. The Balaban J connectivity index is 0.000000821. The lowest BCUT2D eigenvalue weighted by atomic mass is 10.1. The van der Waals surface area contributed by atoms with Gasteiger partial charge in [0.1, 0.15) is 12.3 Å². The lowest BCUT2D eigenvalue weighted by Crippen LogP contribution is -2.46. The van der Waals surface area contributed by atoms with Crippen LogP contribution in [-0.2, 0) is 29.1 Å². The number of nitrogens with zero attached hydrogens (tertiary/aromatic N) is 1. The fraction of sp³-hybridized carbons (Fsp3) is 0.360. The van der Waals surface area contributed by atoms with E-state index in [9.17, 15) is 36.3 Å². The highest BCUT2D eigenvalue weighted by Crippen LogP contribution is 2.29. The van der Waals surface area contributed by atoms with E-state index in [4.69, 9.17) is 25.8 Å². The number of anilines is 1. The molecule has 0 radical (unpaired) electrons. The van der Waals surface area contributed by atoms with Crippen LogP contribution >= 0.6 is 15.9 Å². The molecule has 0 spiro atoms. The number of nitrogen functional groups attached to an aromatic ring is 1. The molecule has 2 aromatic rings. The van der Waals surface area contributed by atoms with Crippen LogP contribution in [-0.4, -0.2) is 85.1 Å². The number of ether oxygens (including phenoxy) is 1. The summed E-state index contributed by atoms with van der Waals surface area (Å²) in [4.78, 5) is 33.6. The van der Waals surface area contributed by atoms with Crippen molar-refractivity contribution in [2.75, 3.05) is 31.6 Å². The van der Waals surface area contributed by atoms with Gasteiger partial charge in [-0.3, -0.25) is 15.0 Å². The number of carboxylic acids is 1. The largest absolute Gasteiger partial charge is 0.490 e. The summed E-state index contributed by atoms with van der Waals surface area (Å²) in [5.74, 6) is -3.86. The van der Waals surface area contributed by atoms with Crippen molar-refractivity contribution in [2.45, 2.75) is 36.6 Å². The minimum absolute atomic E-state index is 0.0580. The van der Waals surface area contributed by atoms with Crippen LogP contribution in [0.4, 0.5) is 18.9 Å². The van der Waals surface area contributed by atoms with Crippen molar-refractivity contribution < 1.29 is 50.9 Å². The molecule has 2 atom stereocenters. The summed E-state index contributed by atoms with van der Waals surface area (Å²) in [6.45, 7) is 1.89. The summed E-state index contributed by atoms with van der Waals surface area (Å²) in [7, 11) is -3.82. The smallest absolute Gasteiger partial charge is 0.475 e. The standard InChI is InChI=1S/C23H28BrN5O6S.C2HF3O2/c1-14(27-21(31)11-22(32)28-17-5-2-15(3-6-17)23(25)26)16-4-7-20(19(24)10-16)36(33,34)29-8-9-35-18(12-29)13-30;3-2(4,5)1(6)7/h2-7,10,14,18,30H,8-9,11-13H2,1H3,(H3,25,26)(H,27,31)(H,28,32);(H,6,7). The van der Waals surface area contributed by atoms with E-state index in [0.29, 0.717) is 21.3 Å². The van der Waals surface area contributed by atoms with E-state index in [2.05, 4.69) is 26.6 Å². The van der Waals surface area contributed by atoms with Gasteiger partial charge in [0.15, 0.2) is 0 Å². The maximum atomic E-state index is 13.1. The number of carbonyl (C=O) groups excluding carboxylic acids is 2. The monoisotopic (exact) mass is 695 g/mol. The molecule has 236 valence electrons. The third-order valence-electron chi connectivity index (χ3n) is 5.80. The Labute approximate surface area is 252 Å². The third kappa shape index (κ3) is 10.6. The van der Waals surface area contributed by atoms with Crippen molar-refractivity contribution in [2.24, 2.45) is 5.73 Å². The minimum Gasteiger partial charge on any atom is -0.475 e. The predicted octanol–water partition coefficient (Wildman–Crippen LogP) is 1.95. The van der Waals surface area contributed by atoms with Crippen molar-refractivity contribution in [1.82, 2.24) is 9.62 Å². The van der Waals surface area contributed by atoms with Crippen molar-refractivity contribution in [3.05, 3.63) is 58.1 Å². The first-order valence-corrected chi connectivity index (χ1v) is 14.5. The number of rotatable bonds is 9. The molecule has 13 nitrogen and oxygen atoms in total. The number of aliphatic carboxylic acids is 1. The van der Waals surface area contributed by atoms with E-state index in [1.54, 1.807) is 43.3 Å². The molecule has 2 amide bonds. The zero-order valence-corrected chi connectivity index (χ0v) is 24.9. The molecule has 1 aliphatic heterocycles. The highest BCUT2D eigenvalue weighted by molar-refractivity contribution is 9.10. The topological polar surface area (TPSA) is 212 Å². The van der Waals surface area contributed by atoms with E-state index < -0.39 is 52.5 Å². The van der Waals surface area contributed by atoms with Crippen LogP contribution in [0.2, 0.25) is 0 Å². The number of benzene rings is 2. The number of hydrogen-bond acceptors (Lipinski definition) is 8. The molecule has 1 saturated heterocycles. The molecule has 0 bridgehead atoms. The molecule has 2 unspecified atom stereocenters. The molecule has 7 N–H and O–H groups in total. The Hall–Kier alpha value is -3.58. The van der Waals surface area contributed by atoms with Gasteiger partial charge < -0.3 is 31.3 Å². The SMILES string of the molecule is CC(NC(=O)CC(=O)Nc1ccc(C(=N)N)cc1)c1ccc(S(=O)(=O)N2CCOC(CO)C2)c(Br)c1.O=C(O)C(F)(F)F. The molecular formula is C25H29BrF3N5O8S. The van der Waals surface area contributed by atoms with Crippen LogP contribution < -0.4 is 16.4 Å². The van der Waals surface area contributed by atoms with Gasteiger partial charge in [0.05, 0.1) is 30.3 Å². The van der Waals surface area contributed by atoms with Crippen LogP contribution in [0.1, 0.15) is 30.5 Å². The molecule has 18 heteroatoms. The number of nitrogens with two attached hydrogens (primary N) is 1. The molecule has 3 rings (SSSR count). The number of aliphatic hydroxyl groups is 1. The number of amides is 2. The summed E-state index contributed by atoms with van der Waals surface area (Å²) in [6, 6.07) is 10.5. The van der Waals surface area contributed by atoms with Gasteiger partial charge >= 0.3 is 12.1 Å². The second-order valence-corrected chi connectivity index (χ2v) is 11.8. The lowest BCUT2D eigenvalue weighted by molar-refractivity contribution is -0.192. The Morgan fingerprint density at radius 3 is 2.30 bits per heavy atom. The quantitative estimate of drug-likeness (QED) is 0.128. The highest BCUT2D eigenvalue weighted by atomic mass is 79.9. The Kier molecular flexibility index (Phi) is 12.6. The molecule has 1 fully saturated rings. The van der Waals surface area contributed by atoms with Crippen LogP contribution in [0.15, 0.2) is 51.8 Å². The predicted molar refractivity (Wildman–Crippen MR) is 151 cm³/mol. The normalized spacial score (nSPS) is 16.3. The van der Waals surface area contributed by atoms with E-state index in [1.807, 2.05) is 0 Å². The Bertz CT molecular complexity index is 1440. The van der Waals surface area contributed by atoms with Gasteiger partial charge in [-0.15, -0.1) is 0 Å². The number of carboxylic acid groups (broad SMARTS) is 1. The molecule has 0 aliphatic carbocycles. The first-order valence-electron chi connectivity index (χ1n) is 12.3. The summed E-state index contributed by atoms with van der Waals surface area (Å²) in [5.41, 5.74) is 7.03. The van der Waals surface area contributed by atoms with E-state index in [-0.39, 0.29) is 37.0 Å². The molecule has 2 aromatic carbocycles. The molecule has 43 heavy (non-hydrogen) atoms. The molecule has 1 heterocycles. The summed E-state index contributed by atoms with van der Waals surface area (Å²) in [5, 5.41) is 29.1. The number of halogens is 4. The zero-order valence-electron chi connectivity index (χ0n) is 22.5. The van der Waals surface area contributed by atoms with Crippen molar-refractivity contribution in [3.8, 4) is 0 Å². The fourth-order valence-corrected chi connectivity index (χ4v) is 6.13. The molecular weight excluding hydrogens is 667 g/mol. The minimum atomic E-state index is -5.08. The zero-order chi connectivity index (χ0) is 32.5. The van der Waals surface area contributed by atoms with Gasteiger partial charge in [-0.05, 0) is 64.8 Å². The van der Waals surface area contributed by atoms with Gasteiger partial charge in [-0.1, -0.05) is 6.07 Å². The van der Waals surface area contributed by atoms with Gasteiger partial charge in [0.25, 0.3) is 0 Å². The maximum Gasteiger partial charge on any atom is 0.490 e. The Morgan fingerprint density at radius 2 is 1.79 bits per heavy atom. The van der Waals surface area contributed by atoms with Gasteiger partial charge in [0.2, 0.25) is 21.8 Å². The molecule has 1 aliphatic rings. The first-order chi connectivity index (χ1) is 19.9. The fourth-order valence-electron chi connectivity index (χ4n) is 3.62. The highest BCUT2D eigenvalue weighted by Gasteiger charge is 2.38. The molecule has 0 aromatic heterocycles. The van der Waals surface area contributed by atoms with Crippen LogP contribution in [0.5, 0.6) is 0 Å². The number of aliphatic hydroxyl groups excluding tert-OH is 1. The summed E-state index contributed by atoms with van der Waals surface area (Å²) < 4.78 is 64.8. The van der Waals surface area contributed by atoms with Crippen molar-refractivity contribution >= 4 is 55.3 Å². The molecule has 0 saturated carbocycles. The average Bonchev–Trinajstić information content (AvgIpc) is 2.92. The number of sulfonamides is 1. The van der Waals surface area contributed by atoms with Crippen molar-refractivity contribution in [1.29, 1.82) is 5.41 Å². The number of carbonyl (C=O) groups is 3. The third-order valence-corrected chi connectivity index (χ3v) is 8.64. The number of alkyl halides is 3. The first kappa shape index (κ1) is 35.6. The van der Waals surface area contributed by atoms with Gasteiger partial charge in [-0.2, -0.15) is 17.5 Å². The second kappa shape index (κ2) is 15.2. The van der Waals surface area contributed by atoms with Gasteiger partial charge in [0, 0.05) is 28.8 Å². The number of nitrogens with one attached hydrogen (secondary N) is 3. The van der Waals surface area contributed by atoms with Gasteiger partial charge in [-0.25, -0.2) is 13.2 Å². The van der Waals surface area contributed by atoms with Crippen LogP contribution in [0, 0.1) is 5.41 Å². The van der Waals surface area contributed by atoms with Crippen molar-refractivity contribution in [3.63, 3.8) is 0 Å². The van der Waals surface area contributed by atoms with E-state index >= 15 is 0 Å². The Morgan fingerprint density at radius 1 is 1.19 bits per heavy atom.